The van der Waals surface area contributed by atoms with Gasteiger partial charge in [0, 0.05) is 25.7 Å². The van der Waals surface area contributed by atoms with Crippen LogP contribution in [0.1, 0.15) is 363 Å². The van der Waals surface area contributed by atoms with E-state index in [1.165, 1.54) is 167 Å². The molecular weight excluding hydrogens is 1200 g/mol. The lowest BCUT2D eigenvalue weighted by Crippen LogP contribution is -2.30. The van der Waals surface area contributed by atoms with Crippen LogP contribution in [0.3, 0.4) is 0 Å². The monoisotopic (exact) mass is 1340 g/mol. The summed E-state index contributed by atoms with van der Waals surface area (Å²) in [7, 11) is -9.90. The van der Waals surface area contributed by atoms with E-state index in [0.717, 1.165) is 114 Å². The Labute approximate surface area is 556 Å². The van der Waals surface area contributed by atoms with Gasteiger partial charge in [-0.05, 0) is 43.4 Å². The Kier molecular flexibility index (Phi) is 61.5. The van der Waals surface area contributed by atoms with Crippen molar-refractivity contribution >= 4 is 39.5 Å². The van der Waals surface area contributed by atoms with Gasteiger partial charge in [-0.25, -0.2) is 9.13 Å². The van der Waals surface area contributed by atoms with Crippen LogP contribution < -0.4 is 0 Å². The standard InChI is InChI=1S/C72H140O17P2/c1-8-10-11-12-13-14-15-21-26-32-41-48-55-71(76)89-68(60-83-70(75)54-47-40-35-34-38-45-52-65(7)9-2)62-87-91(80,81)85-58-66(73)57-84-90(78,79)86-61-67(59-82-69(74)53-46-39-31-28-23-25-30-37-44-51-64(5)6)88-72(77)56-49-42-33-27-22-19-17-16-18-20-24-29-36-43-50-63(3)4/h63-68,73H,8-62H2,1-7H3,(H,78,79)(H,80,81)/t65?,66-,67-,68-/m1/s1. The fraction of sp³-hybridized carbons (Fsp3) is 0.944. The Bertz CT molecular complexity index is 1790. The molecule has 0 aliphatic heterocycles. The number of aliphatic hydroxyl groups excluding tert-OH is 1. The summed E-state index contributed by atoms with van der Waals surface area (Å²) in [6.45, 7) is 11.8. The highest BCUT2D eigenvalue weighted by Crippen LogP contribution is 2.45. The number of hydrogen-bond acceptors (Lipinski definition) is 15. The first-order valence-corrected chi connectivity index (χ1v) is 40.4. The van der Waals surface area contributed by atoms with E-state index < -0.39 is 97.5 Å². The normalized spacial score (nSPS) is 14.5. The van der Waals surface area contributed by atoms with Crippen molar-refractivity contribution in [3.8, 4) is 0 Å². The summed E-state index contributed by atoms with van der Waals surface area (Å²) in [6, 6.07) is 0. The van der Waals surface area contributed by atoms with E-state index in [1.807, 2.05) is 0 Å². The van der Waals surface area contributed by atoms with E-state index in [1.54, 1.807) is 0 Å². The summed E-state index contributed by atoms with van der Waals surface area (Å²) in [6.07, 6.45) is 47.1. The number of aliphatic hydroxyl groups is 1. The molecule has 0 aromatic rings. The van der Waals surface area contributed by atoms with Gasteiger partial charge < -0.3 is 33.8 Å². The lowest BCUT2D eigenvalue weighted by atomic mass is 10.00. The lowest BCUT2D eigenvalue weighted by molar-refractivity contribution is -0.161. The molecule has 0 rings (SSSR count). The first kappa shape index (κ1) is 89.1. The zero-order valence-electron chi connectivity index (χ0n) is 59.3. The number of ether oxygens (including phenoxy) is 4. The highest BCUT2D eigenvalue weighted by molar-refractivity contribution is 7.47. The molecule has 0 bridgehead atoms. The third-order valence-corrected chi connectivity index (χ3v) is 18.9. The second-order valence-electron chi connectivity index (χ2n) is 27.2. The van der Waals surface area contributed by atoms with Gasteiger partial charge in [-0.2, -0.15) is 0 Å². The molecule has 0 fully saturated rings. The highest BCUT2D eigenvalue weighted by atomic mass is 31.2. The summed E-state index contributed by atoms with van der Waals surface area (Å²) in [5, 5.41) is 10.6. The summed E-state index contributed by atoms with van der Waals surface area (Å²) < 4.78 is 68.4. The predicted octanol–water partition coefficient (Wildman–Crippen LogP) is 20.6. The number of rotatable bonds is 70. The van der Waals surface area contributed by atoms with Crippen LogP contribution in [-0.2, 0) is 65.4 Å². The number of carbonyl (C=O) groups is 4. The van der Waals surface area contributed by atoms with Gasteiger partial charge in [0.2, 0.25) is 0 Å². The molecule has 0 aliphatic rings. The third kappa shape index (κ3) is 65.1. The van der Waals surface area contributed by atoms with Gasteiger partial charge in [0.05, 0.1) is 26.4 Å². The topological polar surface area (TPSA) is 237 Å². The van der Waals surface area contributed by atoms with Crippen molar-refractivity contribution in [1.82, 2.24) is 0 Å². The molecule has 0 radical (unpaired) electrons. The molecule has 0 aromatic heterocycles. The van der Waals surface area contributed by atoms with Crippen LogP contribution in [0, 0.1) is 17.8 Å². The first-order chi connectivity index (χ1) is 43.8. The van der Waals surface area contributed by atoms with Crippen LogP contribution in [0.5, 0.6) is 0 Å². The largest absolute Gasteiger partial charge is 0.472 e. The Balaban J connectivity index is 5.25. The van der Waals surface area contributed by atoms with Crippen molar-refractivity contribution in [2.75, 3.05) is 39.6 Å². The van der Waals surface area contributed by atoms with Crippen molar-refractivity contribution in [2.45, 2.75) is 381 Å². The lowest BCUT2D eigenvalue weighted by Gasteiger charge is -2.21. The Morgan fingerprint density at radius 1 is 0.319 bits per heavy atom. The van der Waals surface area contributed by atoms with E-state index in [-0.39, 0.29) is 25.7 Å². The van der Waals surface area contributed by atoms with Gasteiger partial charge in [0.25, 0.3) is 0 Å². The maximum Gasteiger partial charge on any atom is 0.472 e. The summed E-state index contributed by atoms with van der Waals surface area (Å²) in [5.41, 5.74) is 0. The van der Waals surface area contributed by atoms with E-state index >= 15 is 0 Å². The molecule has 17 nitrogen and oxygen atoms in total. The van der Waals surface area contributed by atoms with E-state index in [9.17, 15) is 43.2 Å². The van der Waals surface area contributed by atoms with Crippen molar-refractivity contribution in [3.05, 3.63) is 0 Å². The average molecular weight is 1340 g/mol. The minimum atomic E-state index is -4.95. The molecule has 0 aromatic carbocycles. The van der Waals surface area contributed by atoms with Crippen molar-refractivity contribution in [1.29, 1.82) is 0 Å². The zero-order valence-corrected chi connectivity index (χ0v) is 61.1. The molecule has 0 amide bonds. The highest BCUT2D eigenvalue weighted by Gasteiger charge is 2.30. The Morgan fingerprint density at radius 2 is 0.560 bits per heavy atom. The molecule has 0 aliphatic carbocycles. The molecule has 540 valence electrons. The smallest absolute Gasteiger partial charge is 0.462 e. The second-order valence-corrected chi connectivity index (χ2v) is 30.1. The summed E-state index contributed by atoms with van der Waals surface area (Å²) in [4.78, 5) is 72.6. The number of esters is 4. The number of hydrogen-bond donors (Lipinski definition) is 3. The molecule has 0 heterocycles. The molecular formula is C72H140O17P2. The van der Waals surface area contributed by atoms with Crippen LogP contribution in [0.4, 0.5) is 0 Å². The molecule has 0 saturated carbocycles. The minimum absolute atomic E-state index is 0.106. The SMILES string of the molecule is CCCCCCCCCCCCCCC(=O)O[C@H](COC(=O)CCCCCCCCC(C)CC)COP(=O)(O)OC[C@H](O)COP(=O)(O)OC[C@@H](COC(=O)CCCCCCCCCCCC(C)C)OC(=O)CCCCCCCCCCCCCCCCC(C)C. The summed E-state index contributed by atoms with van der Waals surface area (Å²) in [5.74, 6) is 0.147. The van der Waals surface area contributed by atoms with Gasteiger partial charge in [0.1, 0.15) is 19.3 Å². The number of unbranched alkanes of at least 4 members (excludes halogenated alkanes) is 37. The fourth-order valence-electron chi connectivity index (χ4n) is 10.9. The molecule has 3 unspecified atom stereocenters. The van der Waals surface area contributed by atoms with E-state index in [2.05, 4.69) is 48.5 Å². The van der Waals surface area contributed by atoms with Crippen LogP contribution in [0.2, 0.25) is 0 Å². The number of carbonyl (C=O) groups excluding carboxylic acids is 4. The molecule has 91 heavy (non-hydrogen) atoms. The van der Waals surface area contributed by atoms with Crippen LogP contribution in [0.25, 0.3) is 0 Å². The van der Waals surface area contributed by atoms with Gasteiger partial charge >= 0.3 is 39.5 Å². The van der Waals surface area contributed by atoms with E-state index in [0.29, 0.717) is 25.7 Å². The first-order valence-electron chi connectivity index (χ1n) is 37.4. The minimum Gasteiger partial charge on any atom is -0.462 e. The van der Waals surface area contributed by atoms with Gasteiger partial charge in [-0.3, -0.25) is 37.3 Å². The van der Waals surface area contributed by atoms with Gasteiger partial charge in [-0.15, -0.1) is 0 Å². The predicted molar refractivity (Wildman–Crippen MR) is 368 cm³/mol. The average Bonchev–Trinajstić information content (AvgIpc) is 3.73. The Hall–Kier alpha value is -1.94. The van der Waals surface area contributed by atoms with Gasteiger partial charge in [0.15, 0.2) is 12.2 Å². The van der Waals surface area contributed by atoms with Crippen molar-refractivity contribution in [3.63, 3.8) is 0 Å². The van der Waals surface area contributed by atoms with Crippen LogP contribution in [-0.4, -0.2) is 96.7 Å². The quantitative estimate of drug-likeness (QED) is 0.0222. The third-order valence-electron chi connectivity index (χ3n) is 17.0. The zero-order chi connectivity index (χ0) is 67.3. The molecule has 6 atom stereocenters. The number of phosphoric ester groups is 2. The Morgan fingerprint density at radius 3 is 0.835 bits per heavy atom. The van der Waals surface area contributed by atoms with Crippen molar-refractivity contribution in [2.24, 2.45) is 17.8 Å². The maximum atomic E-state index is 13.0. The second kappa shape index (κ2) is 62.8. The van der Waals surface area contributed by atoms with Gasteiger partial charge in [-0.1, -0.05) is 312 Å². The number of phosphoric acid groups is 2. The molecule has 0 saturated heterocycles. The van der Waals surface area contributed by atoms with E-state index in [4.69, 9.17) is 37.0 Å². The molecule has 19 heteroatoms. The fourth-order valence-corrected chi connectivity index (χ4v) is 12.4. The molecule has 3 N–H and O–H groups in total. The van der Waals surface area contributed by atoms with Crippen LogP contribution >= 0.6 is 15.6 Å². The maximum absolute atomic E-state index is 13.0. The van der Waals surface area contributed by atoms with Crippen molar-refractivity contribution < 1.29 is 80.2 Å². The molecule has 0 spiro atoms. The summed E-state index contributed by atoms with van der Waals surface area (Å²) >= 11 is 0. The van der Waals surface area contributed by atoms with Crippen LogP contribution in [0.15, 0.2) is 0 Å².